The molecule has 1 aliphatic rings. The average molecular weight is 557 g/mol. The summed E-state index contributed by atoms with van der Waals surface area (Å²) in [4.78, 5) is 17.7. The van der Waals surface area contributed by atoms with Gasteiger partial charge in [0.15, 0.2) is 11.3 Å². The van der Waals surface area contributed by atoms with Crippen LogP contribution in [0, 0.1) is 12.7 Å². The zero-order chi connectivity index (χ0) is 28.6. The lowest BCUT2D eigenvalue weighted by atomic mass is 10.0. The molecule has 1 unspecified atom stereocenters. The summed E-state index contributed by atoms with van der Waals surface area (Å²) in [5.74, 6) is -0.793. The van der Waals surface area contributed by atoms with E-state index in [0.717, 1.165) is 23.7 Å². The van der Waals surface area contributed by atoms with Crippen molar-refractivity contribution in [3.8, 4) is 22.8 Å². The van der Waals surface area contributed by atoms with E-state index < -0.39 is 18.0 Å². The summed E-state index contributed by atoms with van der Waals surface area (Å²) >= 11 is 0. The number of ether oxygens (including phenoxy) is 2. The fraction of sp³-hybridized carbons (Fsp3) is 0.333. The lowest BCUT2D eigenvalue weighted by molar-refractivity contribution is -0.126. The summed E-state index contributed by atoms with van der Waals surface area (Å²) in [6, 6.07) is 4.12. The molecule has 0 saturated carbocycles. The third-order valence-corrected chi connectivity index (χ3v) is 6.83. The van der Waals surface area contributed by atoms with Crippen molar-refractivity contribution in [1.82, 2.24) is 29.3 Å². The van der Waals surface area contributed by atoms with Crippen LogP contribution in [-0.4, -0.2) is 66.6 Å². The molecule has 4 aromatic rings. The molecule has 0 aromatic carbocycles. The lowest BCUT2D eigenvalue weighted by Gasteiger charge is -2.23. The first-order valence-corrected chi connectivity index (χ1v) is 12.5. The first-order valence-electron chi connectivity index (χ1n) is 12.5. The maximum atomic E-state index is 13.3. The summed E-state index contributed by atoms with van der Waals surface area (Å²) in [6.45, 7) is 4.98. The molecule has 0 saturated heterocycles. The minimum Gasteiger partial charge on any atom is -0.488 e. The number of aromatic nitrogens is 5. The molecular formula is C27H27F3N6O4. The molecule has 210 valence electrons. The molecule has 40 heavy (non-hydrogen) atoms. The summed E-state index contributed by atoms with van der Waals surface area (Å²) in [5, 5.41) is 19.9. The van der Waals surface area contributed by atoms with E-state index in [1.54, 1.807) is 17.2 Å². The minimum absolute atomic E-state index is 0.110. The highest BCUT2D eigenvalue weighted by molar-refractivity contribution is 5.87. The molecule has 0 aliphatic carbocycles. The summed E-state index contributed by atoms with van der Waals surface area (Å²) in [5.41, 5.74) is 1.72. The number of carbonyl (C=O) groups is 1. The van der Waals surface area contributed by atoms with Crippen LogP contribution in [0.1, 0.15) is 23.9 Å². The van der Waals surface area contributed by atoms with Gasteiger partial charge >= 0.3 is 6.61 Å². The van der Waals surface area contributed by atoms with Crippen molar-refractivity contribution in [3.05, 3.63) is 72.2 Å². The van der Waals surface area contributed by atoms with Crippen LogP contribution in [-0.2, 0) is 23.4 Å². The predicted octanol–water partition coefficient (Wildman–Crippen LogP) is 3.50. The first kappa shape index (κ1) is 27.2. The SMILES string of the molecule is C=CC(=O)N1CCc2c(C)c(-c3cc(OCC(C)(O)c4ccc(F)cn4)c4c(OC(F)F)cnn4c3)nn2CC1. The molecule has 4 aromatic heterocycles. The van der Waals surface area contributed by atoms with E-state index >= 15 is 0 Å². The number of pyridine rings is 2. The summed E-state index contributed by atoms with van der Waals surface area (Å²) in [7, 11) is 0. The summed E-state index contributed by atoms with van der Waals surface area (Å²) in [6.07, 6.45) is 5.64. The fourth-order valence-corrected chi connectivity index (χ4v) is 4.75. The van der Waals surface area contributed by atoms with Crippen LogP contribution >= 0.6 is 0 Å². The van der Waals surface area contributed by atoms with Crippen molar-refractivity contribution in [2.24, 2.45) is 0 Å². The highest BCUT2D eigenvalue weighted by Crippen LogP contribution is 2.36. The van der Waals surface area contributed by atoms with E-state index in [4.69, 9.17) is 9.84 Å². The Kier molecular flexibility index (Phi) is 7.23. The second kappa shape index (κ2) is 10.6. The zero-order valence-corrected chi connectivity index (χ0v) is 21.9. The van der Waals surface area contributed by atoms with E-state index in [1.165, 1.54) is 29.6 Å². The van der Waals surface area contributed by atoms with Crippen molar-refractivity contribution in [1.29, 1.82) is 0 Å². The molecule has 0 radical (unpaired) electrons. The van der Waals surface area contributed by atoms with Gasteiger partial charge < -0.3 is 19.5 Å². The molecule has 13 heteroatoms. The van der Waals surface area contributed by atoms with Crippen LogP contribution in [0.3, 0.4) is 0 Å². The molecule has 1 aliphatic heterocycles. The average Bonchev–Trinajstić information content (AvgIpc) is 3.38. The molecule has 0 bridgehead atoms. The number of alkyl halides is 2. The molecule has 1 atom stereocenters. The third kappa shape index (κ3) is 5.24. The molecule has 1 amide bonds. The number of rotatable bonds is 8. The Bertz CT molecular complexity index is 1560. The number of halogens is 3. The number of aliphatic hydroxyl groups is 1. The predicted molar refractivity (Wildman–Crippen MR) is 138 cm³/mol. The van der Waals surface area contributed by atoms with Gasteiger partial charge in [0.25, 0.3) is 0 Å². The normalized spacial score (nSPS) is 15.0. The highest BCUT2D eigenvalue weighted by atomic mass is 19.3. The van der Waals surface area contributed by atoms with Crippen molar-refractivity contribution in [2.75, 3.05) is 19.7 Å². The number of carbonyl (C=O) groups excluding carboxylic acids is 1. The standard InChI is InChI=1S/C27H27F3N6O4/c1-4-23(37)34-8-7-19-16(2)24(33-35(19)10-9-34)17-11-20(25-21(40-26(29)30)13-32-36(25)14-17)39-15-27(3,38)22-6-5-18(28)12-31-22/h4-6,11-14,26,38H,1,7-10,15H2,2-3H3. The lowest BCUT2D eigenvalue weighted by Crippen LogP contribution is -2.32. The molecule has 0 fully saturated rings. The monoisotopic (exact) mass is 556 g/mol. The number of hydrogen-bond acceptors (Lipinski definition) is 7. The maximum Gasteiger partial charge on any atom is 0.387 e. The fourth-order valence-electron chi connectivity index (χ4n) is 4.75. The number of amides is 1. The van der Waals surface area contributed by atoms with E-state index in [9.17, 15) is 23.1 Å². The Morgan fingerprint density at radius 3 is 2.75 bits per heavy atom. The quantitative estimate of drug-likeness (QED) is 0.331. The van der Waals surface area contributed by atoms with Gasteiger partial charge in [-0.3, -0.25) is 14.5 Å². The van der Waals surface area contributed by atoms with Gasteiger partial charge in [0.1, 0.15) is 23.8 Å². The van der Waals surface area contributed by atoms with Gasteiger partial charge in [0, 0.05) is 37.0 Å². The molecule has 0 spiro atoms. The van der Waals surface area contributed by atoms with Crippen molar-refractivity contribution in [2.45, 2.75) is 39.0 Å². The smallest absolute Gasteiger partial charge is 0.387 e. The Morgan fingerprint density at radius 2 is 2.05 bits per heavy atom. The molecule has 5 rings (SSSR count). The number of hydrogen-bond donors (Lipinski definition) is 1. The van der Waals surface area contributed by atoms with Crippen molar-refractivity contribution in [3.63, 3.8) is 0 Å². The van der Waals surface area contributed by atoms with E-state index in [0.29, 0.717) is 37.3 Å². The summed E-state index contributed by atoms with van der Waals surface area (Å²) < 4.78 is 53.4. The van der Waals surface area contributed by atoms with Crippen LogP contribution < -0.4 is 9.47 Å². The van der Waals surface area contributed by atoms with E-state index in [1.807, 2.05) is 11.6 Å². The Morgan fingerprint density at radius 1 is 1.25 bits per heavy atom. The molecule has 1 N–H and O–H groups in total. The Balaban J connectivity index is 1.51. The van der Waals surface area contributed by atoms with Crippen molar-refractivity contribution < 1.29 is 32.5 Å². The topological polar surface area (TPSA) is 107 Å². The molecule has 10 nitrogen and oxygen atoms in total. The van der Waals surface area contributed by atoms with Crippen LogP contribution in [0.4, 0.5) is 13.2 Å². The van der Waals surface area contributed by atoms with Crippen LogP contribution in [0.5, 0.6) is 11.5 Å². The van der Waals surface area contributed by atoms with Gasteiger partial charge in [-0.05, 0) is 43.7 Å². The van der Waals surface area contributed by atoms with Crippen LogP contribution in [0.2, 0.25) is 0 Å². The highest BCUT2D eigenvalue weighted by Gasteiger charge is 2.28. The van der Waals surface area contributed by atoms with Crippen LogP contribution in [0.25, 0.3) is 16.8 Å². The Labute approximate surface area is 227 Å². The number of nitrogens with zero attached hydrogens (tertiary/aromatic N) is 6. The molecular weight excluding hydrogens is 529 g/mol. The van der Waals surface area contributed by atoms with Gasteiger partial charge in [-0.1, -0.05) is 6.58 Å². The number of fused-ring (bicyclic) bond motifs is 2. The van der Waals surface area contributed by atoms with Gasteiger partial charge in [0.05, 0.1) is 30.3 Å². The van der Waals surface area contributed by atoms with E-state index in [-0.39, 0.29) is 35.2 Å². The van der Waals surface area contributed by atoms with Gasteiger partial charge in [-0.15, -0.1) is 0 Å². The second-order valence-corrected chi connectivity index (χ2v) is 9.62. The van der Waals surface area contributed by atoms with E-state index in [2.05, 4.69) is 21.4 Å². The molecule has 5 heterocycles. The largest absolute Gasteiger partial charge is 0.488 e. The first-order chi connectivity index (χ1) is 19.1. The Hall–Kier alpha value is -4.39. The van der Waals surface area contributed by atoms with Crippen LogP contribution in [0.15, 0.2) is 49.4 Å². The van der Waals surface area contributed by atoms with Gasteiger partial charge in [-0.25, -0.2) is 8.91 Å². The van der Waals surface area contributed by atoms with Gasteiger partial charge in [0.2, 0.25) is 5.91 Å². The van der Waals surface area contributed by atoms with Crippen molar-refractivity contribution >= 4 is 11.4 Å². The van der Waals surface area contributed by atoms with Gasteiger partial charge in [-0.2, -0.15) is 19.0 Å². The second-order valence-electron chi connectivity index (χ2n) is 9.62. The maximum absolute atomic E-state index is 13.3. The third-order valence-electron chi connectivity index (χ3n) is 6.83. The minimum atomic E-state index is -3.09. The zero-order valence-electron chi connectivity index (χ0n) is 21.9.